The molecule has 0 aromatic rings. The first-order valence-corrected chi connectivity index (χ1v) is 8.07. The van der Waals surface area contributed by atoms with Crippen LogP contribution in [0.15, 0.2) is 0 Å². The minimum absolute atomic E-state index is 0.0300. The lowest BCUT2D eigenvalue weighted by Crippen LogP contribution is -2.49. The van der Waals surface area contributed by atoms with Crippen LogP contribution >= 0.6 is 11.8 Å². The fourth-order valence-electron chi connectivity index (χ4n) is 2.76. The zero-order chi connectivity index (χ0) is 13.0. The molecule has 2 N–H and O–H groups in total. The molecule has 0 spiro atoms. The Morgan fingerprint density at radius 1 is 1.39 bits per heavy atom. The lowest BCUT2D eigenvalue weighted by atomic mass is 9.92. The van der Waals surface area contributed by atoms with Gasteiger partial charge in [-0.25, -0.2) is 0 Å². The van der Waals surface area contributed by atoms with Gasteiger partial charge in [0.25, 0.3) is 0 Å². The second-order valence-corrected chi connectivity index (χ2v) is 6.61. The van der Waals surface area contributed by atoms with Gasteiger partial charge in [0.15, 0.2) is 0 Å². The minimum Gasteiger partial charge on any atom is -0.391 e. The molecule has 104 valence electrons. The van der Waals surface area contributed by atoms with Gasteiger partial charge in [-0.05, 0) is 32.1 Å². The van der Waals surface area contributed by atoms with Gasteiger partial charge in [0, 0.05) is 11.8 Å². The number of aliphatic hydroxyl groups excluding tert-OH is 1. The molecule has 2 fully saturated rings. The van der Waals surface area contributed by atoms with Crippen LogP contribution < -0.4 is 5.32 Å². The number of carbonyl (C=O) groups excluding carboxylic acids is 1. The van der Waals surface area contributed by atoms with E-state index in [0.717, 1.165) is 31.4 Å². The summed E-state index contributed by atoms with van der Waals surface area (Å²) in [6, 6.07) is 0.509. The monoisotopic (exact) mass is 272 g/mol. The zero-order valence-corrected chi connectivity index (χ0v) is 11.9. The largest absolute Gasteiger partial charge is 0.391 e. The number of hydrogen-bond donors (Lipinski definition) is 2. The molecule has 1 aliphatic carbocycles. The Morgan fingerprint density at radius 2 is 2.17 bits per heavy atom. The standard InChI is InChI=1S/C13H24N2O2S/c1-15(10-6-7-18-9-10)8-13(17)14-11-4-2-3-5-12(11)16/h10-12,16H,2-9H2,1H3,(H,14,17). The van der Waals surface area contributed by atoms with Crippen molar-refractivity contribution in [1.29, 1.82) is 0 Å². The lowest BCUT2D eigenvalue weighted by molar-refractivity contribution is -0.124. The van der Waals surface area contributed by atoms with E-state index in [-0.39, 0.29) is 18.1 Å². The van der Waals surface area contributed by atoms with E-state index in [1.54, 1.807) is 0 Å². The first-order chi connectivity index (χ1) is 8.66. The number of rotatable bonds is 4. The summed E-state index contributed by atoms with van der Waals surface area (Å²) in [5.74, 6) is 2.40. The van der Waals surface area contributed by atoms with Gasteiger partial charge in [0.2, 0.25) is 5.91 Å². The van der Waals surface area contributed by atoms with Crippen LogP contribution in [0.2, 0.25) is 0 Å². The molecule has 1 amide bonds. The van der Waals surface area contributed by atoms with Crippen molar-refractivity contribution in [2.75, 3.05) is 25.1 Å². The Kier molecular flexibility index (Phi) is 5.33. The second kappa shape index (κ2) is 6.78. The second-order valence-electron chi connectivity index (χ2n) is 5.46. The summed E-state index contributed by atoms with van der Waals surface area (Å²) in [6.45, 7) is 0.453. The summed E-state index contributed by atoms with van der Waals surface area (Å²) >= 11 is 1.96. The molecule has 1 heterocycles. The normalized spacial score (nSPS) is 32.7. The van der Waals surface area contributed by atoms with Crippen molar-refractivity contribution in [3.05, 3.63) is 0 Å². The van der Waals surface area contributed by atoms with Crippen molar-refractivity contribution >= 4 is 17.7 Å². The summed E-state index contributed by atoms with van der Waals surface area (Å²) in [5.41, 5.74) is 0. The van der Waals surface area contributed by atoms with Gasteiger partial charge in [-0.1, -0.05) is 12.8 Å². The average Bonchev–Trinajstić information content (AvgIpc) is 2.85. The van der Waals surface area contributed by atoms with Crippen molar-refractivity contribution in [1.82, 2.24) is 10.2 Å². The molecule has 4 nitrogen and oxygen atoms in total. The first kappa shape index (κ1) is 14.2. The van der Waals surface area contributed by atoms with Crippen LogP contribution in [0.5, 0.6) is 0 Å². The van der Waals surface area contributed by atoms with E-state index in [9.17, 15) is 9.90 Å². The van der Waals surface area contributed by atoms with Gasteiger partial charge < -0.3 is 10.4 Å². The summed E-state index contributed by atoms with van der Waals surface area (Å²) in [7, 11) is 2.02. The molecule has 2 aliphatic rings. The number of carbonyl (C=O) groups is 1. The predicted octanol–water partition coefficient (Wildman–Crippen LogP) is 0.843. The first-order valence-electron chi connectivity index (χ1n) is 6.92. The van der Waals surface area contributed by atoms with Crippen molar-refractivity contribution in [3.63, 3.8) is 0 Å². The van der Waals surface area contributed by atoms with E-state index in [1.807, 2.05) is 18.8 Å². The molecular formula is C13H24N2O2S. The Morgan fingerprint density at radius 3 is 2.83 bits per heavy atom. The Balaban J connectivity index is 1.73. The molecule has 1 saturated carbocycles. The third-order valence-electron chi connectivity index (χ3n) is 4.00. The third-order valence-corrected chi connectivity index (χ3v) is 5.14. The smallest absolute Gasteiger partial charge is 0.234 e. The molecule has 1 saturated heterocycles. The molecule has 1 aliphatic heterocycles. The number of likely N-dealkylation sites (N-methyl/N-ethyl adjacent to an activating group) is 1. The van der Waals surface area contributed by atoms with Gasteiger partial charge in [-0.2, -0.15) is 11.8 Å². The highest BCUT2D eigenvalue weighted by Gasteiger charge is 2.26. The topological polar surface area (TPSA) is 52.6 Å². The minimum atomic E-state index is -0.352. The van der Waals surface area contributed by atoms with E-state index >= 15 is 0 Å². The number of nitrogens with one attached hydrogen (secondary N) is 1. The number of hydrogen-bond acceptors (Lipinski definition) is 4. The molecule has 3 unspecified atom stereocenters. The highest BCUT2D eigenvalue weighted by Crippen LogP contribution is 2.21. The molecule has 0 aromatic carbocycles. The Hall–Kier alpha value is -0.260. The predicted molar refractivity (Wildman–Crippen MR) is 74.8 cm³/mol. The molecule has 2 rings (SSSR count). The Labute approximate surface area is 113 Å². The van der Waals surface area contributed by atoms with Gasteiger partial charge in [-0.3, -0.25) is 9.69 Å². The van der Waals surface area contributed by atoms with Crippen LogP contribution in [0.4, 0.5) is 0 Å². The maximum atomic E-state index is 12.0. The van der Waals surface area contributed by atoms with Crippen LogP contribution in [0.1, 0.15) is 32.1 Å². The van der Waals surface area contributed by atoms with E-state index in [0.29, 0.717) is 12.6 Å². The van der Waals surface area contributed by atoms with Crippen LogP contribution in [0.3, 0.4) is 0 Å². The lowest BCUT2D eigenvalue weighted by Gasteiger charge is -2.30. The van der Waals surface area contributed by atoms with Crippen LogP contribution in [-0.2, 0) is 4.79 Å². The summed E-state index contributed by atoms with van der Waals surface area (Å²) in [4.78, 5) is 14.1. The SMILES string of the molecule is CN(CC(=O)NC1CCCCC1O)C1CCSC1. The molecule has 0 aromatic heterocycles. The summed E-state index contributed by atoms with van der Waals surface area (Å²) in [5, 5.41) is 12.8. The average molecular weight is 272 g/mol. The van der Waals surface area contributed by atoms with Crippen molar-refractivity contribution < 1.29 is 9.90 Å². The molecular weight excluding hydrogens is 248 g/mol. The molecule has 3 atom stereocenters. The Bertz CT molecular complexity index is 282. The highest BCUT2D eigenvalue weighted by atomic mass is 32.2. The van der Waals surface area contributed by atoms with Gasteiger partial charge in [-0.15, -0.1) is 0 Å². The number of nitrogens with zero attached hydrogens (tertiary/aromatic N) is 1. The number of thioether (sulfide) groups is 1. The van der Waals surface area contributed by atoms with E-state index in [1.165, 1.54) is 12.2 Å². The summed E-state index contributed by atoms with van der Waals surface area (Å²) < 4.78 is 0. The van der Waals surface area contributed by atoms with E-state index in [4.69, 9.17) is 0 Å². The molecule has 5 heteroatoms. The van der Waals surface area contributed by atoms with Gasteiger partial charge >= 0.3 is 0 Å². The molecule has 0 bridgehead atoms. The summed E-state index contributed by atoms with van der Waals surface area (Å²) in [6.07, 6.45) is 4.75. The van der Waals surface area contributed by atoms with Crippen molar-refractivity contribution in [2.45, 2.75) is 50.3 Å². The maximum absolute atomic E-state index is 12.0. The van der Waals surface area contributed by atoms with Gasteiger partial charge in [0.05, 0.1) is 18.7 Å². The van der Waals surface area contributed by atoms with Crippen molar-refractivity contribution in [2.24, 2.45) is 0 Å². The maximum Gasteiger partial charge on any atom is 0.234 e. The zero-order valence-electron chi connectivity index (χ0n) is 11.1. The number of amides is 1. The fourth-order valence-corrected chi connectivity index (χ4v) is 4.06. The number of aliphatic hydroxyl groups is 1. The third kappa shape index (κ3) is 3.87. The highest BCUT2D eigenvalue weighted by molar-refractivity contribution is 7.99. The van der Waals surface area contributed by atoms with E-state index in [2.05, 4.69) is 10.2 Å². The molecule has 0 radical (unpaired) electrons. The van der Waals surface area contributed by atoms with Crippen LogP contribution in [0, 0.1) is 0 Å². The quantitative estimate of drug-likeness (QED) is 0.796. The van der Waals surface area contributed by atoms with Gasteiger partial charge in [0.1, 0.15) is 0 Å². The molecule has 18 heavy (non-hydrogen) atoms. The fraction of sp³-hybridized carbons (Fsp3) is 0.923. The van der Waals surface area contributed by atoms with Crippen LogP contribution in [-0.4, -0.2) is 59.2 Å². The van der Waals surface area contributed by atoms with Crippen LogP contribution in [0.25, 0.3) is 0 Å². The van der Waals surface area contributed by atoms with Crippen molar-refractivity contribution in [3.8, 4) is 0 Å². The van der Waals surface area contributed by atoms with E-state index < -0.39 is 0 Å².